The van der Waals surface area contributed by atoms with Crippen molar-refractivity contribution in [2.24, 2.45) is 5.92 Å². The van der Waals surface area contributed by atoms with Crippen LogP contribution in [0.25, 0.3) is 0 Å². The first-order valence-corrected chi connectivity index (χ1v) is 9.74. The van der Waals surface area contributed by atoms with Crippen molar-refractivity contribution >= 4 is 0 Å². The van der Waals surface area contributed by atoms with Crippen molar-refractivity contribution in [1.29, 1.82) is 0 Å². The Balaban J connectivity index is 1.20. The lowest BCUT2D eigenvalue weighted by Crippen LogP contribution is -2.50. The summed E-state index contributed by atoms with van der Waals surface area (Å²) >= 11 is 0. The van der Waals surface area contributed by atoms with E-state index in [-0.39, 0.29) is 0 Å². The van der Waals surface area contributed by atoms with E-state index in [1.807, 2.05) is 6.07 Å². The van der Waals surface area contributed by atoms with Gasteiger partial charge in [-0.05, 0) is 62.4 Å². The van der Waals surface area contributed by atoms with Gasteiger partial charge in [0.15, 0.2) is 11.5 Å². The van der Waals surface area contributed by atoms with E-state index in [0.717, 1.165) is 37.6 Å². The molecule has 0 spiro atoms. The Morgan fingerprint density at radius 2 is 2.12 bits per heavy atom. The highest BCUT2D eigenvalue weighted by molar-refractivity contribution is 5.44. The number of hydrogen-bond acceptors (Lipinski definition) is 5. The smallest absolute Gasteiger partial charge is 0.231 e. The minimum atomic E-state index is 0.346. The molecule has 25 heavy (non-hydrogen) atoms. The number of nitrogens with one attached hydrogen (secondary N) is 1. The zero-order valence-electron chi connectivity index (χ0n) is 15.2. The standard InChI is InChI=1S/C20H30N2O3/c1-15-12-22(13-17-3-2-10-23-17)9-7-18(15)21-8-6-16-4-5-19-20(11-16)25-14-24-19/h4-5,11,15,17-18,21H,2-3,6-10,12-14H2,1H3. The summed E-state index contributed by atoms with van der Waals surface area (Å²) in [5.41, 5.74) is 1.31. The summed E-state index contributed by atoms with van der Waals surface area (Å²) < 4.78 is 16.6. The van der Waals surface area contributed by atoms with Crippen LogP contribution in [0, 0.1) is 5.92 Å². The van der Waals surface area contributed by atoms with Crippen LogP contribution in [-0.4, -0.2) is 56.6 Å². The quantitative estimate of drug-likeness (QED) is 0.857. The Morgan fingerprint density at radius 3 is 2.96 bits per heavy atom. The molecule has 5 heteroatoms. The van der Waals surface area contributed by atoms with Crippen LogP contribution in [0.15, 0.2) is 18.2 Å². The molecule has 3 unspecified atom stereocenters. The van der Waals surface area contributed by atoms with Crippen LogP contribution in [0.4, 0.5) is 0 Å². The summed E-state index contributed by atoms with van der Waals surface area (Å²) in [6, 6.07) is 6.89. The average Bonchev–Trinajstić information content (AvgIpc) is 3.28. The fourth-order valence-electron chi connectivity index (χ4n) is 4.28. The normalized spacial score (nSPS) is 29.2. The second kappa shape index (κ2) is 7.94. The molecule has 0 aromatic heterocycles. The molecule has 2 saturated heterocycles. The molecule has 2 fully saturated rings. The lowest BCUT2D eigenvalue weighted by atomic mass is 9.93. The molecule has 1 aromatic carbocycles. The summed E-state index contributed by atoms with van der Waals surface area (Å²) in [6.07, 6.45) is 5.21. The van der Waals surface area contributed by atoms with E-state index < -0.39 is 0 Å². The monoisotopic (exact) mass is 346 g/mol. The third kappa shape index (κ3) is 4.27. The minimum absolute atomic E-state index is 0.346. The molecule has 0 radical (unpaired) electrons. The maximum Gasteiger partial charge on any atom is 0.231 e. The lowest BCUT2D eigenvalue weighted by Gasteiger charge is -2.38. The predicted molar refractivity (Wildman–Crippen MR) is 97.3 cm³/mol. The van der Waals surface area contributed by atoms with E-state index in [1.54, 1.807) is 0 Å². The molecule has 3 atom stereocenters. The van der Waals surface area contributed by atoms with E-state index in [1.165, 1.54) is 37.9 Å². The third-order valence-electron chi connectivity index (χ3n) is 5.73. The SMILES string of the molecule is CC1CN(CC2CCCO2)CCC1NCCc1ccc2c(c1)OCO2. The van der Waals surface area contributed by atoms with E-state index >= 15 is 0 Å². The summed E-state index contributed by atoms with van der Waals surface area (Å²) in [7, 11) is 0. The Morgan fingerprint density at radius 1 is 1.20 bits per heavy atom. The number of likely N-dealkylation sites (tertiary alicyclic amines) is 1. The summed E-state index contributed by atoms with van der Waals surface area (Å²) in [4.78, 5) is 2.59. The highest BCUT2D eigenvalue weighted by atomic mass is 16.7. The van der Waals surface area contributed by atoms with Gasteiger partial charge in [-0.15, -0.1) is 0 Å². The van der Waals surface area contributed by atoms with Gasteiger partial charge in [0.1, 0.15) is 0 Å². The van der Waals surface area contributed by atoms with Gasteiger partial charge in [-0.3, -0.25) is 0 Å². The van der Waals surface area contributed by atoms with Crippen molar-refractivity contribution in [2.75, 3.05) is 39.6 Å². The van der Waals surface area contributed by atoms with E-state index in [4.69, 9.17) is 14.2 Å². The van der Waals surface area contributed by atoms with Crippen LogP contribution in [0.3, 0.4) is 0 Å². The first kappa shape index (κ1) is 17.1. The maximum atomic E-state index is 5.79. The number of fused-ring (bicyclic) bond motifs is 1. The van der Waals surface area contributed by atoms with Crippen molar-refractivity contribution in [3.05, 3.63) is 23.8 Å². The highest BCUT2D eigenvalue weighted by Crippen LogP contribution is 2.32. The third-order valence-corrected chi connectivity index (χ3v) is 5.73. The van der Waals surface area contributed by atoms with Crippen LogP contribution in [-0.2, 0) is 11.2 Å². The van der Waals surface area contributed by atoms with Gasteiger partial charge in [-0.2, -0.15) is 0 Å². The van der Waals surface area contributed by atoms with Gasteiger partial charge in [0, 0.05) is 25.7 Å². The van der Waals surface area contributed by atoms with E-state index in [2.05, 4.69) is 29.3 Å². The van der Waals surface area contributed by atoms with Gasteiger partial charge in [0.2, 0.25) is 6.79 Å². The molecule has 0 amide bonds. The molecule has 3 aliphatic rings. The summed E-state index contributed by atoms with van der Waals surface area (Å²) in [5.74, 6) is 2.43. The first-order chi connectivity index (χ1) is 12.3. The predicted octanol–water partition coefficient (Wildman–Crippen LogP) is 2.44. The molecule has 1 aromatic rings. The fourth-order valence-corrected chi connectivity index (χ4v) is 4.28. The molecule has 1 N–H and O–H groups in total. The van der Waals surface area contributed by atoms with Crippen molar-refractivity contribution < 1.29 is 14.2 Å². The first-order valence-electron chi connectivity index (χ1n) is 9.74. The largest absolute Gasteiger partial charge is 0.454 e. The van der Waals surface area contributed by atoms with E-state index in [0.29, 0.717) is 24.9 Å². The lowest BCUT2D eigenvalue weighted by molar-refractivity contribution is 0.0514. The number of benzene rings is 1. The van der Waals surface area contributed by atoms with Crippen LogP contribution >= 0.6 is 0 Å². The van der Waals surface area contributed by atoms with Gasteiger partial charge >= 0.3 is 0 Å². The molecule has 5 nitrogen and oxygen atoms in total. The zero-order valence-corrected chi connectivity index (χ0v) is 15.2. The van der Waals surface area contributed by atoms with Crippen LogP contribution < -0.4 is 14.8 Å². The summed E-state index contributed by atoms with van der Waals surface area (Å²) in [5, 5.41) is 3.77. The fraction of sp³-hybridized carbons (Fsp3) is 0.700. The molecular formula is C20H30N2O3. The number of ether oxygens (including phenoxy) is 3. The number of nitrogens with zero attached hydrogens (tertiary/aromatic N) is 1. The van der Waals surface area contributed by atoms with Crippen molar-refractivity contribution in [3.63, 3.8) is 0 Å². The van der Waals surface area contributed by atoms with Crippen molar-refractivity contribution in [2.45, 2.75) is 44.8 Å². The molecule has 0 bridgehead atoms. The molecule has 0 aliphatic carbocycles. The molecule has 4 rings (SSSR count). The Hall–Kier alpha value is -1.30. The number of hydrogen-bond donors (Lipinski definition) is 1. The number of rotatable bonds is 6. The molecule has 3 heterocycles. The molecule has 3 aliphatic heterocycles. The minimum Gasteiger partial charge on any atom is -0.454 e. The summed E-state index contributed by atoms with van der Waals surface area (Å²) in [6.45, 7) is 8.18. The van der Waals surface area contributed by atoms with Crippen LogP contribution in [0.2, 0.25) is 0 Å². The highest BCUT2D eigenvalue weighted by Gasteiger charge is 2.28. The molecular weight excluding hydrogens is 316 g/mol. The Bertz CT molecular complexity index is 574. The average molecular weight is 346 g/mol. The van der Waals surface area contributed by atoms with Gasteiger partial charge in [0.05, 0.1) is 6.10 Å². The topological polar surface area (TPSA) is 43.0 Å². The van der Waals surface area contributed by atoms with Gasteiger partial charge in [-0.1, -0.05) is 13.0 Å². The molecule has 0 saturated carbocycles. The van der Waals surface area contributed by atoms with Gasteiger partial charge in [0.25, 0.3) is 0 Å². The van der Waals surface area contributed by atoms with Crippen molar-refractivity contribution in [1.82, 2.24) is 10.2 Å². The second-order valence-corrected chi connectivity index (χ2v) is 7.66. The Kier molecular flexibility index (Phi) is 5.44. The van der Waals surface area contributed by atoms with Crippen molar-refractivity contribution in [3.8, 4) is 11.5 Å². The second-order valence-electron chi connectivity index (χ2n) is 7.66. The van der Waals surface area contributed by atoms with Gasteiger partial charge in [-0.25, -0.2) is 0 Å². The molecule has 138 valence electrons. The Labute approximate surface area is 150 Å². The number of piperidine rings is 1. The van der Waals surface area contributed by atoms with Crippen LogP contribution in [0.5, 0.6) is 11.5 Å². The van der Waals surface area contributed by atoms with Crippen LogP contribution in [0.1, 0.15) is 31.7 Å². The van der Waals surface area contributed by atoms with E-state index in [9.17, 15) is 0 Å². The van der Waals surface area contributed by atoms with Gasteiger partial charge < -0.3 is 24.4 Å². The maximum absolute atomic E-state index is 5.79. The zero-order chi connectivity index (χ0) is 17.1.